The van der Waals surface area contributed by atoms with Crippen molar-refractivity contribution in [3.8, 4) is 0 Å². The molecule has 0 amide bonds. The van der Waals surface area contributed by atoms with Crippen molar-refractivity contribution in [1.82, 2.24) is 0 Å². The summed E-state index contributed by atoms with van der Waals surface area (Å²) in [5, 5.41) is 0. The van der Waals surface area contributed by atoms with Gasteiger partial charge in [0.15, 0.2) is 0 Å². The van der Waals surface area contributed by atoms with Crippen LogP contribution in [0.15, 0.2) is 59.3 Å². The standard InChI is InChI=1S/C25H42/c1-9-22(6)16-18-25(24(8)15-11-13-21(4)5)19-17-23(7)14-10-12-20(2)3/h9,12-13,17-18,22,24H,1,10-11,14-16,19H2,2-8H3. The van der Waals surface area contributed by atoms with Crippen molar-refractivity contribution < 1.29 is 0 Å². The van der Waals surface area contributed by atoms with Gasteiger partial charge in [-0.05, 0) is 85.0 Å². The Labute approximate surface area is 158 Å². The van der Waals surface area contributed by atoms with Gasteiger partial charge in [-0.15, -0.1) is 6.58 Å². The molecule has 0 saturated carbocycles. The third-order valence-corrected chi connectivity index (χ3v) is 4.72. The molecular formula is C25H42. The Balaban J connectivity index is 4.85. The summed E-state index contributed by atoms with van der Waals surface area (Å²) in [6.45, 7) is 19.5. The molecule has 2 atom stereocenters. The molecule has 25 heavy (non-hydrogen) atoms. The lowest BCUT2D eigenvalue weighted by atomic mass is 9.90. The van der Waals surface area contributed by atoms with Crippen LogP contribution in [0.2, 0.25) is 0 Å². The molecule has 0 nitrogen and oxygen atoms in total. The zero-order chi connectivity index (χ0) is 19.2. The van der Waals surface area contributed by atoms with Gasteiger partial charge < -0.3 is 0 Å². The molecule has 0 radical (unpaired) electrons. The Bertz CT molecular complexity index is 488. The number of hydrogen-bond acceptors (Lipinski definition) is 0. The first kappa shape index (κ1) is 23.7. The zero-order valence-corrected chi connectivity index (χ0v) is 18.0. The van der Waals surface area contributed by atoms with E-state index in [0.717, 1.165) is 19.3 Å². The molecule has 0 aliphatic rings. The van der Waals surface area contributed by atoms with Crippen molar-refractivity contribution in [3.63, 3.8) is 0 Å². The van der Waals surface area contributed by atoms with Crippen LogP contribution >= 0.6 is 0 Å². The maximum atomic E-state index is 3.92. The van der Waals surface area contributed by atoms with Crippen molar-refractivity contribution in [1.29, 1.82) is 0 Å². The maximum Gasteiger partial charge on any atom is -0.0134 e. The first-order valence-corrected chi connectivity index (χ1v) is 10.00. The van der Waals surface area contributed by atoms with E-state index in [4.69, 9.17) is 0 Å². The average Bonchev–Trinajstić information content (AvgIpc) is 2.53. The first-order chi connectivity index (χ1) is 11.8. The summed E-state index contributed by atoms with van der Waals surface area (Å²) in [7, 11) is 0. The van der Waals surface area contributed by atoms with E-state index in [-0.39, 0.29) is 0 Å². The summed E-state index contributed by atoms with van der Waals surface area (Å²) in [5.74, 6) is 1.21. The maximum absolute atomic E-state index is 3.92. The molecule has 0 N–H and O–H groups in total. The Kier molecular flexibility index (Phi) is 13.2. The summed E-state index contributed by atoms with van der Waals surface area (Å²) in [5.41, 5.74) is 5.95. The van der Waals surface area contributed by atoms with Gasteiger partial charge in [0.2, 0.25) is 0 Å². The zero-order valence-electron chi connectivity index (χ0n) is 18.0. The van der Waals surface area contributed by atoms with Crippen molar-refractivity contribution in [2.24, 2.45) is 11.8 Å². The second kappa shape index (κ2) is 13.9. The van der Waals surface area contributed by atoms with Gasteiger partial charge >= 0.3 is 0 Å². The summed E-state index contributed by atoms with van der Waals surface area (Å²) in [6.07, 6.45) is 18.6. The Morgan fingerprint density at radius 2 is 1.44 bits per heavy atom. The quantitative estimate of drug-likeness (QED) is 0.311. The lowest BCUT2D eigenvalue weighted by Gasteiger charge is -2.16. The summed E-state index contributed by atoms with van der Waals surface area (Å²) in [6, 6.07) is 0. The lowest BCUT2D eigenvalue weighted by molar-refractivity contribution is 0.600. The van der Waals surface area contributed by atoms with Gasteiger partial charge in [0.25, 0.3) is 0 Å². The summed E-state index contributed by atoms with van der Waals surface area (Å²) >= 11 is 0. The minimum absolute atomic E-state index is 0.558. The molecule has 142 valence electrons. The molecule has 0 aromatic carbocycles. The normalized spacial score (nSPS) is 14.7. The van der Waals surface area contributed by atoms with Gasteiger partial charge in [0, 0.05) is 0 Å². The van der Waals surface area contributed by atoms with Crippen LogP contribution in [0.1, 0.15) is 87.0 Å². The van der Waals surface area contributed by atoms with Gasteiger partial charge in [-0.25, -0.2) is 0 Å². The monoisotopic (exact) mass is 342 g/mol. The molecule has 0 heterocycles. The SMILES string of the molecule is C=CC(C)CC=C(CC=C(C)CCC=C(C)C)C(C)CCC=C(C)C. The second-order valence-electron chi connectivity index (χ2n) is 8.06. The Morgan fingerprint density at radius 1 is 0.840 bits per heavy atom. The van der Waals surface area contributed by atoms with Crippen LogP contribution in [-0.2, 0) is 0 Å². The average molecular weight is 343 g/mol. The molecule has 0 spiro atoms. The van der Waals surface area contributed by atoms with Crippen LogP contribution in [0.3, 0.4) is 0 Å². The Hall–Kier alpha value is -1.30. The molecule has 0 aliphatic heterocycles. The van der Waals surface area contributed by atoms with E-state index >= 15 is 0 Å². The van der Waals surface area contributed by atoms with E-state index in [0.29, 0.717) is 11.8 Å². The highest BCUT2D eigenvalue weighted by atomic mass is 14.1. The van der Waals surface area contributed by atoms with E-state index in [2.05, 4.69) is 85.4 Å². The predicted molar refractivity (Wildman–Crippen MR) is 117 cm³/mol. The molecule has 0 rings (SSSR count). The highest BCUT2D eigenvalue weighted by molar-refractivity contribution is 5.15. The minimum Gasteiger partial charge on any atom is -0.103 e. The van der Waals surface area contributed by atoms with Crippen molar-refractivity contribution in [2.75, 3.05) is 0 Å². The molecule has 0 aromatic rings. The number of allylic oxidation sites excluding steroid dienone is 9. The smallest absolute Gasteiger partial charge is 0.0134 e. The lowest BCUT2D eigenvalue weighted by Crippen LogP contribution is -2.00. The second-order valence-corrected chi connectivity index (χ2v) is 8.06. The fourth-order valence-electron chi connectivity index (χ4n) is 2.71. The topological polar surface area (TPSA) is 0 Å². The molecule has 0 saturated heterocycles. The van der Waals surface area contributed by atoms with Gasteiger partial charge in [-0.1, -0.05) is 66.5 Å². The summed E-state index contributed by atoms with van der Waals surface area (Å²) < 4.78 is 0. The Morgan fingerprint density at radius 3 is 2.00 bits per heavy atom. The van der Waals surface area contributed by atoms with Crippen molar-refractivity contribution in [3.05, 3.63) is 59.3 Å². The highest BCUT2D eigenvalue weighted by Gasteiger charge is 2.08. The molecule has 0 heteroatoms. The minimum atomic E-state index is 0.558. The molecule has 0 aromatic heterocycles. The fraction of sp³-hybridized carbons (Fsp3) is 0.600. The predicted octanol–water partition coefficient (Wildman–Crippen LogP) is 8.59. The van der Waals surface area contributed by atoms with Crippen LogP contribution in [0.5, 0.6) is 0 Å². The van der Waals surface area contributed by atoms with Crippen LogP contribution in [0.4, 0.5) is 0 Å². The molecule has 2 unspecified atom stereocenters. The van der Waals surface area contributed by atoms with E-state index in [1.165, 1.54) is 36.0 Å². The van der Waals surface area contributed by atoms with Gasteiger partial charge in [0.1, 0.15) is 0 Å². The van der Waals surface area contributed by atoms with Crippen LogP contribution < -0.4 is 0 Å². The van der Waals surface area contributed by atoms with E-state index in [1.807, 2.05) is 0 Å². The summed E-state index contributed by atoms with van der Waals surface area (Å²) in [4.78, 5) is 0. The van der Waals surface area contributed by atoms with Crippen LogP contribution in [0, 0.1) is 11.8 Å². The van der Waals surface area contributed by atoms with Crippen LogP contribution in [-0.4, -0.2) is 0 Å². The van der Waals surface area contributed by atoms with E-state index in [1.54, 1.807) is 5.57 Å². The largest absolute Gasteiger partial charge is 0.103 e. The van der Waals surface area contributed by atoms with Crippen LogP contribution in [0.25, 0.3) is 0 Å². The fourth-order valence-corrected chi connectivity index (χ4v) is 2.71. The third kappa shape index (κ3) is 13.6. The first-order valence-electron chi connectivity index (χ1n) is 10.00. The number of rotatable bonds is 12. The molecule has 0 bridgehead atoms. The van der Waals surface area contributed by atoms with E-state index in [9.17, 15) is 0 Å². The molecular weight excluding hydrogens is 300 g/mol. The van der Waals surface area contributed by atoms with Gasteiger partial charge in [-0.3, -0.25) is 0 Å². The highest BCUT2D eigenvalue weighted by Crippen LogP contribution is 2.24. The van der Waals surface area contributed by atoms with Gasteiger partial charge in [-0.2, -0.15) is 0 Å². The third-order valence-electron chi connectivity index (χ3n) is 4.72. The van der Waals surface area contributed by atoms with Gasteiger partial charge in [0.05, 0.1) is 0 Å². The molecule has 0 aliphatic carbocycles. The number of hydrogen-bond donors (Lipinski definition) is 0. The van der Waals surface area contributed by atoms with Crippen molar-refractivity contribution in [2.45, 2.75) is 87.0 Å². The van der Waals surface area contributed by atoms with Crippen molar-refractivity contribution >= 4 is 0 Å². The molecule has 0 fully saturated rings. The van der Waals surface area contributed by atoms with E-state index < -0.39 is 0 Å².